The van der Waals surface area contributed by atoms with Gasteiger partial charge in [0.1, 0.15) is 5.82 Å². The Bertz CT molecular complexity index is 1040. The number of nitrogens with zero attached hydrogens (tertiary/aromatic N) is 2. The Morgan fingerprint density at radius 1 is 0.909 bits per heavy atom. The Kier molecular flexibility index (Phi) is 7.78. The lowest BCUT2D eigenvalue weighted by atomic mass is 9.98. The number of hydrogen-bond donors (Lipinski definition) is 1. The number of piperidine rings is 2. The molecule has 4 rings (SSSR count). The number of halogens is 1. The minimum atomic E-state index is -3.75. The number of hydrogen-bond acceptors (Lipinski definition) is 4. The van der Waals surface area contributed by atoms with Crippen LogP contribution in [0.4, 0.5) is 4.39 Å². The molecule has 2 aliphatic rings. The fraction of sp³-hybridized carbons (Fsp3) is 0.480. The number of rotatable bonds is 7. The van der Waals surface area contributed by atoms with Crippen LogP contribution in [0, 0.1) is 11.7 Å². The predicted octanol–water partition coefficient (Wildman–Crippen LogP) is 3.53. The highest BCUT2D eigenvalue weighted by molar-refractivity contribution is 7.89. The molecule has 33 heavy (non-hydrogen) atoms. The highest BCUT2D eigenvalue weighted by atomic mass is 32.2. The lowest BCUT2D eigenvalue weighted by molar-refractivity contribution is -0.126. The van der Waals surface area contributed by atoms with Crippen LogP contribution in [0.25, 0.3) is 0 Å². The van der Waals surface area contributed by atoms with E-state index in [9.17, 15) is 17.6 Å². The number of amides is 1. The van der Waals surface area contributed by atoms with Crippen LogP contribution < -0.4 is 5.32 Å². The molecule has 2 fully saturated rings. The van der Waals surface area contributed by atoms with Crippen molar-refractivity contribution in [3.63, 3.8) is 0 Å². The van der Waals surface area contributed by atoms with Crippen LogP contribution in [0.3, 0.4) is 0 Å². The van der Waals surface area contributed by atoms with Crippen LogP contribution in [0.1, 0.15) is 43.2 Å². The summed E-state index contributed by atoms with van der Waals surface area (Å²) in [5, 5.41) is 2.97. The summed E-state index contributed by atoms with van der Waals surface area (Å²) in [6, 6.07) is 13.1. The Labute approximate surface area is 195 Å². The molecule has 8 heteroatoms. The van der Waals surface area contributed by atoms with Gasteiger partial charge in [-0.15, -0.1) is 0 Å². The van der Waals surface area contributed by atoms with Crippen molar-refractivity contribution < 1.29 is 17.6 Å². The average molecular weight is 474 g/mol. The molecule has 0 bridgehead atoms. The Hall–Kier alpha value is -2.29. The Morgan fingerprint density at radius 3 is 2.27 bits per heavy atom. The monoisotopic (exact) mass is 473 g/mol. The maximum atomic E-state index is 13.2. The second kappa shape index (κ2) is 10.8. The third kappa shape index (κ3) is 6.19. The molecule has 2 aromatic carbocycles. The number of likely N-dealkylation sites (tertiary alicyclic amines) is 1. The molecular formula is C25H32FN3O3S. The molecule has 6 nitrogen and oxygen atoms in total. The molecule has 1 atom stereocenters. The zero-order valence-corrected chi connectivity index (χ0v) is 19.7. The highest BCUT2D eigenvalue weighted by Gasteiger charge is 2.33. The van der Waals surface area contributed by atoms with E-state index in [2.05, 4.69) is 22.3 Å². The Balaban J connectivity index is 1.29. The van der Waals surface area contributed by atoms with Gasteiger partial charge in [-0.25, -0.2) is 12.8 Å². The van der Waals surface area contributed by atoms with Crippen molar-refractivity contribution in [3.05, 3.63) is 65.5 Å². The van der Waals surface area contributed by atoms with Crippen molar-refractivity contribution >= 4 is 15.9 Å². The number of nitrogens with one attached hydrogen (secondary N) is 1. The molecule has 0 aromatic heterocycles. The molecule has 2 aliphatic heterocycles. The summed E-state index contributed by atoms with van der Waals surface area (Å²) in [5.41, 5.74) is 2.30. The second-order valence-electron chi connectivity index (χ2n) is 9.03. The van der Waals surface area contributed by atoms with E-state index in [1.165, 1.54) is 41.3 Å². The third-order valence-corrected chi connectivity index (χ3v) is 8.43. The molecule has 0 spiro atoms. The fourth-order valence-electron chi connectivity index (χ4n) is 4.60. The smallest absolute Gasteiger partial charge is 0.243 e. The maximum Gasteiger partial charge on any atom is 0.243 e. The van der Waals surface area contributed by atoms with Crippen LogP contribution >= 0.6 is 0 Å². The van der Waals surface area contributed by atoms with Gasteiger partial charge < -0.3 is 5.32 Å². The van der Waals surface area contributed by atoms with E-state index in [0.29, 0.717) is 25.9 Å². The standard InChI is InChI=1S/C25H32FN3O3S/c26-23-10-12-24(13-11-23)33(31,32)29-16-4-5-22(19-29)25(30)27-17-20-6-8-21(9-7-20)18-28-14-2-1-3-15-28/h6-13,22H,1-5,14-19H2,(H,27,30). The fourth-order valence-corrected chi connectivity index (χ4v) is 6.13. The van der Waals surface area contributed by atoms with Gasteiger partial charge in [0.15, 0.2) is 0 Å². The SMILES string of the molecule is O=C(NCc1ccc(CN2CCCCC2)cc1)C1CCCN(S(=O)(=O)c2ccc(F)cc2)C1. The quantitative estimate of drug-likeness (QED) is 0.668. The van der Waals surface area contributed by atoms with Gasteiger partial charge in [0.05, 0.1) is 10.8 Å². The van der Waals surface area contributed by atoms with Crippen molar-refractivity contribution in [2.75, 3.05) is 26.2 Å². The first kappa shape index (κ1) is 23.9. The first-order valence-corrected chi connectivity index (χ1v) is 13.2. The molecule has 1 unspecified atom stereocenters. The lowest BCUT2D eigenvalue weighted by Crippen LogP contribution is -2.45. The van der Waals surface area contributed by atoms with E-state index in [-0.39, 0.29) is 17.3 Å². The topological polar surface area (TPSA) is 69.7 Å². The largest absolute Gasteiger partial charge is 0.352 e. The molecule has 0 saturated carbocycles. The van der Waals surface area contributed by atoms with Gasteiger partial charge in [-0.2, -0.15) is 4.31 Å². The minimum absolute atomic E-state index is 0.0506. The highest BCUT2D eigenvalue weighted by Crippen LogP contribution is 2.24. The zero-order valence-electron chi connectivity index (χ0n) is 18.9. The van der Waals surface area contributed by atoms with E-state index in [1.54, 1.807) is 0 Å². The summed E-state index contributed by atoms with van der Waals surface area (Å²) < 4.78 is 40.3. The summed E-state index contributed by atoms with van der Waals surface area (Å²) in [5.74, 6) is -1.01. The van der Waals surface area contributed by atoms with Crippen molar-refractivity contribution in [2.45, 2.75) is 50.1 Å². The lowest BCUT2D eigenvalue weighted by Gasteiger charge is -2.31. The van der Waals surface area contributed by atoms with E-state index in [0.717, 1.165) is 37.3 Å². The minimum Gasteiger partial charge on any atom is -0.352 e. The van der Waals surface area contributed by atoms with Gasteiger partial charge in [0.25, 0.3) is 0 Å². The van der Waals surface area contributed by atoms with Crippen molar-refractivity contribution in [1.29, 1.82) is 0 Å². The van der Waals surface area contributed by atoms with Gasteiger partial charge >= 0.3 is 0 Å². The van der Waals surface area contributed by atoms with E-state index < -0.39 is 21.8 Å². The van der Waals surface area contributed by atoms with Gasteiger partial charge in [-0.05, 0) is 74.2 Å². The molecule has 2 aromatic rings. The summed E-state index contributed by atoms with van der Waals surface area (Å²) in [6.07, 6.45) is 5.13. The van der Waals surface area contributed by atoms with Gasteiger partial charge in [-0.1, -0.05) is 30.7 Å². The van der Waals surface area contributed by atoms with Gasteiger partial charge in [0.2, 0.25) is 15.9 Å². The number of carbonyl (C=O) groups excluding carboxylic acids is 1. The van der Waals surface area contributed by atoms with E-state index in [1.807, 2.05) is 12.1 Å². The first-order valence-electron chi connectivity index (χ1n) is 11.8. The molecule has 0 aliphatic carbocycles. The molecule has 0 radical (unpaired) electrons. The van der Waals surface area contributed by atoms with E-state index >= 15 is 0 Å². The van der Waals surface area contributed by atoms with Crippen LogP contribution in [-0.2, 0) is 27.9 Å². The molecular weight excluding hydrogens is 441 g/mol. The van der Waals surface area contributed by atoms with Crippen LogP contribution in [0.2, 0.25) is 0 Å². The molecule has 2 saturated heterocycles. The summed E-state index contributed by atoms with van der Waals surface area (Å²) >= 11 is 0. The first-order chi connectivity index (χ1) is 15.9. The summed E-state index contributed by atoms with van der Waals surface area (Å²) in [6.45, 7) is 4.21. The normalized spacial score (nSPS) is 20.5. The zero-order chi connectivity index (χ0) is 23.3. The summed E-state index contributed by atoms with van der Waals surface area (Å²) in [4.78, 5) is 15.3. The van der Waals surface area contributed by atoms with Gasteiger partial charge in [-0.3, -0.25) is 9.69 Å². The summed E-state index contributed by atoms with van der Waals surface area (Å²) in [7, 11) is -3.75. The molecule has 1 N–H and O–H groups in total. The predicted molar refractivity (Wildman–Crippen MR) is 125 cm³/mol. The second-order valence-corrected chi connectivity index (χ2v) is 11.0. The maximum absolute atomic E-state index is 13.2. The number of sulfonamides is 1. The number of carbonyl (C=O) groups is 1. The third-order valence-electron chi connectivity index (χ3n) is 6.55. The Morgan fingerprint density at radius 2 is 1.58 bits per heavy atom. The van der Waals surface area contributed by atoms with Crippen molar-refractivity contribution in [3.8, 4) is 0 Å². The van der Waals surface area contributed by atoms with Crippen LogP contribution in [0.15, 0.2) is 53.4 Å². The van der Waals surface area contributed by atoms with Crippen molar-refractivity contribution in [1.82, 2.24) is 14.5 Å². The van der Waals surface area contributed by atoms with Crippen molar-refractivity contribution in [2.24, 2.45) is 5.92 Å². The van der Waals surface area contributed by atoms with E-state index in [4.69, 9.17) is 0 Å². The molecule has 178 valence electrons. The van der Waals surface area contributed by atoms with Crippen LogP contribution in [-0.4, -0.2) is 49.7 Å². The average Bonchev–Trinajstić information content (AvgIpc) is 2.84. The van der Waals surface area contributed by atoms with Crippen LogP contribution in [0.5, 0.6) is 0 Å². The van der Waals surface area contributed by atoms with Gasteiger partial charge in [0, 0.05) is 26.2 Å². The number of benzene rings is 2. The molecule has 2 heterocycles. The molecule has 1 amide bonds.